The topological polar surface area (TPSA) is 86.8 Å². The van der Waals surface area contributed by atoms with Crippen molar-refractivity contribution in [3.05, 3.63) is 92.9 Å². The third-order valence-electron chi connectivity index (χ3n) is 5.43. The Kier molecular flexibility index (Phi) is 9.41. The highest BCUT2D eigenvalue weighted by Crippen LogP contribution is 2.27. The van der Waals surface area contributed by atoms with Gasteiger partial charge in [-0.05, 0) is 67.1 Å². The molecule has 2 amide bonds. The Morgan fingerprint density at radius 3 is 2.25 bits per heavy atom. The number of anilines is 1. The molecule has 3 rings (SSSR count). The average molecular weight is 613 g/mol. The molecule has 0 fully saturated rings. The second-order valence-corrected chi connectivity index (χ2v) is 11.5. The number of amides is 2. The summed E-state index contributed by atoms with van der Waals surface area (Å²) in [5, 5.41) is 3.23. The number of halogens is 3. The Labute approximate surface area is 229 Å². The molecule has 7 nitrogen and oxygen atoms in total. The Bertz CT molecular complexity index is 1350. The molecule has 1 N–H and O–H groups in total. The predicted molar refractivity (Wildman–Crippen MR) is 146 cm³/mol. The van der Waals surface area contributed by atoms with E-state index in [1.807, 2.05) is 24.3 Å². The van der Waals surface area contributed by atoms with E-state index in [2.05, 4.69) is 21.2 Å². The van der Waals surface area contributed by atoms with Crippen LogP contribution in [0.4, 0.5) is 5.69 Å². The van der Waals surface area contributed by atoms with Crippen LogP contribution in [0.25, 0.3) is 0 Å². The second-order valence-electron chi connectivity index (χ2n) is 7.89. The number of carbonyl (C=O) groups excluding carboxylic acids is 2. The zero-order valence-electron chi connectivity index (χ0n) is 19.5. The lowest BCUT2D eigenvalue weighted by atomic mass is 10.1. The Morgan fingerprint density at radius 1 is 0.972 bits per heavy atom. The van der Waals surface area contributed by atoms with E-state index in [1.54, 1.807) is 25.1 Å². The van der Waals surface area contributed by atoms with Gasteiger partial charge in [0, 0.05) is 28.1 Å². The van der Waals surface area contributed by atoms with Gasteiger partial charge in [0.15, 0.2) is 0 Å². The molecule has 0 bridgehead atoms. The Morgan fingerprint density at radius 2 is 1.64 bits per heavy atom. The Hall–Kier alpha value is -2.59. The molecule has 3 aromatic rings. The summed E-state index contributed by atoms with van der Waals surface area (Å²) in [7, 11) is -2.71. The molecule has 11 heteroatoms. The molecule has 190 valence electrons. The van der Waals surface area contributed by atoms with Crippen molar-refractivity contribution in [1.29, 1.82) is 0 Å². The average Bonchev–Trinajstić information content (AvgIpc) is 2.85. The number of carbonyl (C=O) groups is 2. The summed E-state index contributed by atoms with van der Waals surface area (Å²) in [6.07, 6.45) is 0. The van der Waals surface area contributed by atoms with Crippen molar-refractivity contribution in [3.8, 4) is 0 Å². The van der Waals surface area contributed by atoms with E-state index in [0.717, 1.165) is 14.3 Å². The maximum atomic E-state index is 13.7. The molecule has 1 atom stereocenters. The number of hydrogen-bond donors (Lipinski definition) is 1. The zero-order valence-corrected chi connectivity index (χ0v) is 23.4. The van der Waals surface area contributed by atoms with Crippen LogP contribution in [-0.4, -0.2) is 44.8 Å². The van der Waals surface area contributed by atoms with Crippen LogP contribution in [0.3, 0.4) is 0 Å². The summed E-state index contributed by atoms with van der Waals surface area (Å²) >= 11 is 15.5. The molecular weight excluding hydrogens is 589 g/mol. The van der Waals surface area contributed by atoms with Crippen molar-refractivity contribution in [1.82, 2.24) is 10.2 Å². The fourth-order valence-corrected chi connectivity index (χ4v) is 5.68. The minimum atomic E-state index is -4.19. The van der Waals surface area contributed by atoms with Gasteiger partial charge in [-0.1, -0.05) is 57.3 Å². The number of rotatable bonds is 9. The van der Waals surface area contributed by atoms with Crippen LogP contribution >= 0.6 is 39.1 Å². The fraction of sp³-hybridized carbons (Fsp3) is 0.200. The number of benzene rings is 3. The molecule has 1 unspecified atom stereocenters. The summed E-state index contributed by atoms with van der Waals surface area (Å²) in [5.41, 5.74) is 0.976. The van der Waals surface area contributed by atoms with Gasteiger partial charge < -0.3 is 10.2 Å². The summed E-state index contributed by atoms with van der Waals surface area (Å²) in [5.74, 6) is -0.947. The number of nitrogens with zero attached hydrogens (tertiary/aromatic N) is 2. The lowest BCUT2D eigenvalue weighted by Crippen LogP contribution is -2.50. The van der Waals surface area contributed by atoms with E-state index >= 15 is 0 Å². The van der Waals surface area contributed by atoms with Gasteiger partial charge in [0.25, 0.3) is 10.0 Å². The molecule has 36 heavy (non-hydrogen) atoms. The standard InChI is InChI=1S/C25H24BrCl2N3O4S/c1-17(25(33)29-2)30(15-18-5-3-6-19(26)13-18)24(32)16-31(22-8-4-7-21(28)14-22)36(34,35)23-11-9-20(27)10-12-23/h3-14,17H,15-16H2,1-2H3,(H,29,33). The first-order valence-electron chi connectivity index (χ1n) is 10.8. The van der Waals surface area contributed by atoms with Gasteiger partial charge in [0.05, 0.1) is 10.6 Å². The van der Waals surface area contributed by atoms with Crippen molar-refractivity contribution in [3.63, 3.8) is 0 Å². The molecule has 0 aromatic heterocycles. The van der Waals surface area contributed by atoms with E-state index < -0.39 is 28.5 Å². The third kappa shape index (κ3) is 6.79. The fourth-order valence-electron chi connectivity index (χ4n) is 3.52. The van der Waals surface area contributed by atoms with Gasteiger partial charge in [0.2, 0.25) is 11.8 Å². The molecule has 0 spiro atoms. The summed E-state index contributed by atoms with van der Waals surface area (Å²) < 4.78 is 29.1. The van der Waals surface area contributed by atoms with Gasteiger partial charge in [-0.15, -0.1) is 0 Å². The van der Waals surface area contributed by atoms with Crippen LogP contribution in [0.1, 0.15) is 12.5 Å². The smallest absolute Gasteiger partial charge is 0.264 e. The summed E-state index contributed by atoms with van der Waals surface area (Å²) in [6, 6.07) is 18.3. The quantitative estimate of drug-likeness (QED) is 0.364. The Balaban J connectivity index is 2.03. The number of nitrogens with one attached hydrogen (secondary N) is 1. The van der Waals surface area contributed by atoms with E-state index in [4.69, 9.17) is 23.2 Å². The predicted octanol–water partition coefficient (Wildman–Crippen LogP) is 5.11. The van der Waals surface area contributed by atoms with Crippen LogP contribution in [0.15, 0.2) is 82.2 Å². The lowest BCUT2D eigenvalue weighted by Gasteiger charge is -2.31. The third-order valence-corrected chi connectivity index (χ3v) is 8.20. The highest BCUT2D eigenvalue weighted by atomic mass is 79.9. The highest BCUT2D eigenvalue weighted by Gasteiger charge is 2.32. The van der Waals surface area contributed by atoms with Crippen molar-refractivity contribution < 1.29 is 18.0 Å². The molecule has 0 radical (unpaired) electrons. The van der Waals surface area contributed by atoms with Gasteiger partial charge in [0.1, 0.15) is 12.6 Å². The number of likely N-dealkylation sites (N-methyl/N-ethyl adjacent to an activating group) is 1. The first kappa shape index (κ1) is 28.0. The van der Waals surface area contributed by atoms with Crippen molar-refractivity contribution in [2.45, 2.75) is 24.4 Å². The normalized spacial score (nSPS) is 12.0. The van der Waals surface area contributed by atoms with Gasteiger partial charge in [-0.3, -0.25) is 13.9 Å². The monoisotopic (exact) mass is 611 g/mol. The van der Waals surface area contributed by atoms with Crippen LogP contribution in [0, 0.1) is 0 Å². The first-order chi connectivity index (χ1) is 17.0. The number of sulfonamides is 1. The highest BCUT2D eigenvalue weighted by molar-refractivity contribution is 9.10. The molecule has 0 saturated carbocycles. The molecular formula is C25H24BrCl2N3O4S. The van der Waals surface area contributed by atoms with Crippen LogP contribution < -0.4 is 9.62 Å². The van der Waals surface area contributed by atoms with E-state index in [1.165, 1.54) is 42.3 Å². The van der Waals surface area contributed by atoms with Gasteiger partial charge in [-0.2, -0.15) is 0 Å². The minimum absolute atomic E-state index is 0.0439. The van der Waals surface area contributed by atoms with E-state index in [9.17, 15) is 18.0 Å². The maximum absolute atomic E-state index is 13.7. The first-order valence-corrected chi connectivity index (χ1v) is 13.8. The van der Waals surface area contributed by atoms with E-state index in [0.29, 0.717) is 10.0 Å². The van der Waals surface area contributed by atoms with Gasteiger partial charge >= 0.3 is 0 Å². The molecule has 3 aromatic carbocycles. The van der Waals surface area contributed by atoms with Crippen LogP contribution in [-0.2, 0) is 26.2 Å². The van der Waals surface area contributed by atoms with Crippen molar-refractivity contribution in [2.75, 3.05) is 17.9 Å². The minimum Gasteiger partial charge on any atom is -0.357 e. The summed E-state index contributed by atoms with van der Waals surface area (Å²) in [4.78, 5) is 27.5. The maximum Gasteiger partial charge on any atom is 0.264 e. The van der Waals surface area contributed by atoms with Crippen LogP contribution in [0.2, 0.25) is 10.0 Å². The molecule has 0 aliphatic rings. The lowest BCUT2D eigenvalue weighted by molar-refractivity contribution is -0.139. The van der Waals surface area contributed by atoms with Crippen molar-refractivity contribution >= 4 is 66.7 Å². The van der Waals surface area contributed by atoms with Gasteiger partial charge in [-0.25, -0.2) is 8.42 Å². The number of hydrogen-bond acceptors (Lipinski definition) is 4. The summed E-state index contributed by atoms with van der Waals surface area (Å²) in [6.45, 7) is 1.13. The zero-order chi connectivity index (χ0) is 26.5. The van der Waals surface area contributed by atoms with Crippen molar-refractivity contribution in [2.24, 2.45) is 0 Å². The second kappa shape index (κ2) is 12.1. The SMILES string of the molecule is CNC(=O)C(C)N(Cc1cccc(Br)c1)C(=O)CN(c1cccc(Cl)c1)S(=O)(=O)c1ccc(Cl)cc1. The molecule has 0 aliphatic carbocycles. The largest absolute Gasteiger partial charge is 0.357 e. The van der Waals surface area contributed by atoms with E-state index in [-0.39, 0.29) is 23.0 Å². The molecule has 0 aliphatic heterocycles. The molecule has 0 heterocycles. The van der Waals surface area contributed by atoms with Crippen LogP contribution in [0.5, 0.6) is 0 Å². The molecule has 0 saturated heterocycles.